The molecule has 0 spiro atoms. The SMILES string of the molecule is COc1ccc(CN2CCCCC2CNC(=O)CCN)cc1O. The Balaban J connectivity index is 1.95. The minimum atomic E-state index is 0.0140. The van der Waals surface area contributed by atoms with E-state index < -0.39 is 0 Å². The molecule has 1 aliphatic heterocycles. The number of phenols is 1. The van der Waals surface area contributed by atoms with E-state index in [0.717, 1.165) is 31.5 Å². The van der Waals surface area contributed by atoms with E-state index in [1.807, 2.05) is 6.07 Å². The standard InChI is InChI=1S/C17H27N3O3/c1-23-16-6-5-13(10-15(16)21)12-20-9-3-2-4-14(20)11-19-17(22)7-8-18/h5-6,10,14,21H,2-4,7-9,11-12,18H2,1H3,(H,19,22). The Bertz CT molecular complexity index is 522. The van der Waals surface area contributed by atoms with Gasteiger partial charge in [-0.1, -0.05) is 12.5 Å². The topological polar surface area (TPSA) is 87.8 Å². The molecule has 6 heteroatoms. The van der Waals surface area contributed by atoms with Gasteiger partial charge in [0.25, 0.3) is 0 Å². The summed E-state index contributed by atoms with van der Waals surface area (Å²) in [5.74, 6) is 0.660. The zero-order chi connectivity index (χ0) is 16.7. The van der Waals surface area contributed by atoms with E-state index in [2.05, 4.69) is 10.2 Å². The first-order chi connectivity index (χ1) is 11.1. The Kier molecular flexibility index (Phi) is 6.67. The number of benzene rings is 1. The summed E-state index contributed by atoms with van der Waals surface area (Å²) in [6.07, 6.45) is 3.79. The molecule has 1 atom stereocenters. The smallest absolute Gasteiger partial charge is 0.221 e. The van der Waals surface area contributed by atoms with E-state index in [4.69, 9.17) is 10.5 Å². The molecule has 1 fully saturated rings. The molecule has 1 saturated heterocycles. The minimum absolute atomic E-state index is 0.0140. The number of carbonyl (C=O) groups is 1. The van der Waals surface area contributed by atoms with Crippen LogP contribution >= 0.6 is 0 Å². The van der Waals surface area contributed by atoms with Gasteiger partial charge in [0.1, 0.15) is 0 Å². The molecule has 128 valence electrons. The summed E-state index contributed by atoms with van der Waals surface area (Å²) in [7, 11) is 1.54. The Morgan fingerprint density at radius 3 is 3.00 bits per heavy atom. The molecule has 0 aliphatic carbocycles. The van der Waals surface area contributed by atoms with Crippen LogP contribution in [0.5, 0.6) is 11.5 Å². The van der Waals surface area contributed by atoms with Crippen molar-refractivity contribution in [1.29, 1.82) is 0 Å². The van der Waals surface area contributed by atoms with Gasteiger partial charge in [-0.2, -0.15) is 0 Å². The van der Waals surface area contributed by atoms with Crippen LogP contribution in [-0.2, 0) is 11.3 Å². The lowest BCUT2D eigenvalue weighted by atomic mass is 10.0. The second kappa shape index (κ2) is 8.74. The van der Waals surface area contributed by atoms with Crippen LogP contribution in [0.15, 0.2) is 18.2 Å². The highest BCUT2D eigenvalue weighted by molar-refractivity contribution is 5.76. The van der Waals surface area contributed by atoms with Gasteiger partial charge in [-0.05, 0) is 37.1 Å². The number of aromatic hydroxyl groups is 1. The molecule has 1 heterocycles. The Morgan fingerprint density at radius 2 is 2.30 bits per heavy atom. The predicted molar refractivity (Wildman–Crippen MR) is 89.4 cm³/mol. The number of nitrogens with one attached hydrogen (secondary N) is 1. The zero-order valence-corrected chi connectivity index (χ0v) is 13.8. The normalized spacial score (nSPS) is 18.6. The minimum Gasteiger partial charge on any atom is -0.504 e. The second-order valence-electron chi connectivity index (χ2n) is 5.97. The second-order valence-corrected chi connectivity index (χ2v) is 5.97. The fraction of sp³-hybridized carbons (Fsp3) is 0.588. The van der Waals surface area contributed by atoms with Crippen LogP contribution in [0, 0.1) is 0 Å². The van der Waals surface area contributed by atoms with Gasteiger partial charge in [0.2, 0.25) is 5.91 Å². The van der Waals surface area contributed by atoms with Crippen molar-refractivity contribution >= 4 is 5.91 Å². The fourth-order valence-corrected chi connectivity index (χ4v) is 3.02. The number of piperidine rings is 1. The summed E-state index contributed by atoms with van der Waals surface area (Å²) in [4.78, 5) is 14.0. The van der Waals surface area contributed by atoms with Gasteiger partial charge in [0, 0.05) is 32.1 Å². The summed E-state index contributed by atoms with van der Waals surface area (Å²) in [6, 6.07) is 5.83. The number of hydrogen-bond donors (Lipinski definition) is 3. The van der Waals surface area contributed by atoms with E-state index in [1.54, 1.807) is 19.2 Å². The number of amides is 1. The van der Waals surface area contributed by atoms with E-state index in [0.29, 0.717) is 31.3 Å². The number of ether oxygens (including phenoxy) is 1. The maximum atomic E-state index is 11.6. The molecule has 0 radical (unpaired) electrons. The quantitative estimate of drug-likeness (QED) is 0.703. The molecule has 0 bridgehead atoms. The van der Waals surface area contributed by atoms with Gasteiger partial charge in [0.15, 0.2) is 11.5 Å². The number of likely N-dealkylation sites (tertiary alicyclic amines) is 1. The molecular weight excluding hydrogens is 294 g/mol. The van der Waals surface area contributed by atoms with Crippen LogP contribution in [0.1, 0.15) is 31.2 Å². The average molecular weight is 321 g/mol. The van der Waals surface area contributed by atoms with Gasteiger partial charge < -0.3 is 20.9 Å². The summed E-state index contributed by atoms with van der Waals surface area (Å²) in [6.45, 7) is 2.80. The van der Waals surface area contributed by atoms with E-state index in [1.165, 1.54) is 6.42 Å². The third kappa shape index (κ3) is 5.11. The molecule has 1 aromatic rings. The Labute approximate surface area is 137 Å². The number of hydrogen-bond acceptors (Lipinski definition) is 5. The molecule has 2 rings (SSSR count). The highest BCUT2D eigenvalue weighted by atomic mass is 16.5. The monoisotopic (exact) mass is 321 g/mol. The van der Waals surface area contributed by atoms with Crippen molar-refractivity contribution in [3.63, 3.8) is 0 Å². The number of carbonyl (C=O) groups excluding carboxylic acids is 1. The fourth-order valence-electron chi connectivity index (χ4n) is 3.02. The predicted octanol–water partition coefficient (Wildman–Crippen LogP) is 1.22. The molecule has 1 unspecified atom stereocenters. The number of nitrogens with two attached hydrogens (primary N) is 1. The van der Waals surface area contributed by atoms with E-state index in [-0.39, 0.29) is 11.7 Å². The van der Waals surface area contributed by atoms with Crippen LogP contribution in [0.2, 0.25) is 0 Å². The lowest BCUT2D eigenvalue weighted by Gasteiger charge is -2.36. The lowest BCUT2D eigenvalue weighted by Crippen LogP contribution is -2.46. The van der Waals surface area contributed by atoms with Crippen LogP contribution in [0.3, 0.4) is 0 Å². The number of phenolic OH excluding ortho intramolecular Hbond substituents is 1. The van der Waals surface area contributed by atoms with Crippen molar-refractivity contribution in [3.05, 3.63) is 23.8 Å². The number of nitrogens with zero attached hydrogens (tertiary/aromatic N) is 1. The molecule has 23 heavy (non-hydrogen) atoms. The highest BCUT2D eigenvalue weighted by Crippen LogP contribution is 2.28. The lowest BCUT2D eigenvalue weighted by molar-refractivity contribution is -0.121. The van der Waals surface area contributed by atoms with Gasteiger partial charge in [-0.15, -0.1) is 0 Å². The van der Waals surface area contributed by atoms with Crippen LogP contribution in [-0.4, -0.2) is 48.7 Å². The number of rotatable bonds is 7. The molecule has 6 nitrogen and oxygen atoms in total. The van der Waals surface area contributed by atoms with Gasteiger partial charge >= 0.3 is 0 Å². The van der Waals surface area contributed by atoms with Gasteiger partial charge in [-0.25, -0.2) is 0 Å². The van der Waals surface area contributed by atoms with E-state index >= 15 is 0 Å². The van der Waals surface area contributed by atoms with Gasteiger partial charge in [-0.3, -0.25) is 9.69 Å². The van der Waals surface area contributed by atoms with E-state index in [9.17, 15) is 9.90 Å². The molecule has 0 saturated carbocycles. The summed E-state index contributed by atoms with van der Waals surface area (Å²) < 4.78 is 5.08. The summed E-state index contributed by atoms with van der Waals surface area (Å²) >= 11 is 0. The first-order valence-corrected chi connectivity index (χ1v) is 8.20. The van der Waals surface area contributed by atoms with Crippen molar-refractivity contribution in [1.82, 2.24) is 10.2 Å². The third-order valence-corrected chi connectivity index (χ3v) is 4.28. The maximum Gasteiger partial charge on any atom is 0.221 e. The van der Waals surface area contributed by atoms with Crippen molar-refractivity contribution in [2.24, 2.45) is 5.73 Å². The van der Waals surface area contributed by atoms with Crippen molar-refractivity contribution < 1.29 is 14.6 Å². The van der Waals surface area contributed by atoms with Crippen molar-refractivity contribution in [2.75, 3.05) is 26.7 Å². The Morgan fingerprint density at radius 1 is 1.48 bits per heavy atom. The number of methoxy groups -OCH3 is 1. The summed E-state index contributed by atoms with van der Waals surface area (Å²) in [5.41, 5.74) is 6.45. The average Bonchev–Trinajstić information content (AvgIpc) is 2.54. The molecular formula is C17H27N3O3. The first-order valence-electron chi connectivity index (χ1n) is 8.20. The van der Waals surface area contributed by atoms with Crippen LogP contribution in [0.4, 0.5) is 0 Å². The molecule has 1 amide bonds. The van der Waals surface area contributed by atoms with Crippen molar-refractivity contribution in [3.8, 4) is 11.5 Å². The molecule has 0 aromatic heterocycles. The van der Waals surface area contributed by atoms with Crippen molar-refractivity contribution in [2.45, 2.75) is 38.3 Å². The third-order valence-electron chi connectivity index (χ3n) is 4.28. The van der Waals surface area contributed by atoms with Crippen LogP contribution in [0.25, 0.3) is 0 Å². The highest BCUT2D eigenvalue weighted by Gasteiger charge is 2.23. The molecule has 4 N–H and O–H groups in total. The zero-order valence-electron chi connectivity index (χ0n) is 13.8. The summed E-state index contributed by atoms with van der Waals surface area (Å²) in [5, 5.41) is 12.9. The molecule has 1 aliphatic rings. The Hall–Kier alpha value is -1.79. The van der Waals surface area contributed by atoms with Crippen LogP contribution < -0.4 is 15.8 Å². The molecule has 1 aromatic carbocycles. The van der Waals surface area contributed by atoms with Gasteiger partial charge in [0.05, 0.1) is 7.11 Å². The maximum absolute atomic E-state index is 11.6. The first kappa shape index (κ1) is 17.6. The largest absolute Gasteiger partial charge is 0.504 e.